The van der Waals surface area contributed by atoms with Crippen molar-refractivity contribution in [2.75, 3.05) is 26.2 Å². The van der Waals surface area contributed by atoms with Gasteiger partial charge in [-0.05, 0) is 32.7 Å². The fraction of sp³-hybridized carbons (Fsp3) is 0.786. The number of unbranched alkanes of at least 4 members (excludes halogenated alkanes) is 1. The molecule has 0 bridgehead atoms. The molecular formula is C14H25N3O4. The maximum Gasteiger partial charge on any atom is 0.321 e. The van der Waals surface area contributed by atoms with Crippen molar-refractivity contribution in [1.29, 1.82) is 0 Å². The number of nitrogens with one attached hydrogen (secondary N) is 2. The van der Waals surface area contributed by atoms with Gasteiger partial charge >= 0.3 is 12.0 Å². The average Bonchev–Trinajstić information content (AvgIpc) is 2.38. The van der Waals surface area contributed by atoms with Crippen LogP contribution in [0.2, 0.25) is 0 Å². The number of amides is 3. The third-order valence-electron chi connectivity index (χ3n) is 3.73. The van der Waals surface area contributed by atoms with Crippen LogP contribution in [0.1, 0.15) is 39.5 Å². The van der Waals surface area contributed by atoms with Gasteiger partial charge in [-0.1, -0.05) is 13.3 Å². The molecule has 0 aromatic rings. The van der Waals surface area contributed by atoms with Crippen LogP contribution in [0.25, 0.3) is 0 Å². The maximum absolute atomic E-state index is 11.8. The van der Waals surface area contributed by atoms with Crippen LogP contribution < -0.4 is 10.6 Å². The lowest BCUT2D eigenvalue weighted by molar-refractivity contribution is -0.151. The molecule has 1 atom stereocenters. The number of rotatable bonds is 6. The zero-order chi connectivity index (χ0) is 15.9. The van der Waals surface area contributed by atoms with Gasteiger partial charge in [0, 0.05) is 13.1 Å². The SMILES string of the molecule is CCCCNC(=O)NC(=O)CN1CCCC(C)(C(=O)O)C1. The topological polar surface area (TPSA) is 98.7 Å². The van der Waals surface area contributed by atoms with Gasteiger partial charge in [0.25, 0.3) is 0 Å². The highest BCUT2D eigenvalue weighted by Crippen LogP contribution is 2.29. The van der Waals surface area contributed by atoms with Crippen LogP contribution in [-0.2, 0) is 9.59 Å². The smallest absolute Gasteiger partial charge is 0.321 e. The molecule has 1 saturated heterocycles. The Balaban J connectivity index is 2.37. The number of carbonyl (C=O) groups is 3. The number of aliphatic carboxylic acids is 1. The summed E-state index contributed by atoms with van der Waals surface area (Å²) in [5, 5.41) is 14.1. The molecule has 0 aromatic heterocycles. The highest BCUT2D eigenvalue weighted by atomic mass is 16.4. The van der Waals surface area contributed by atoms with Crippen molar-refractivity contribution in [1.82, 2.24) is 15.5 Å². The Labute approximate surface area is 125 Å². The van der Waals surface area contributed by atoms with Gasteiger partial charge in [-0.15, -0.1) is 0 Å². The van der Waals surface area contributed by atoms with Crippen molar-refractivity contribution in [2.45, 2.75) is 39.5 Å². The number of carboxylic acids is 1. The van der Waals surface area contributed by atoms with E-state index in [1.807, 2.05) is 6.92 Å². The minimum Gasteiger partial charge on any atom is -0.481 e. The third kappa shape index (κ3) is 5.71. The lowest BCUT2D eigenvalue weighted by Gasteiger charge is -2.36. The molecule has 7 nitrogen and oxygen atoms in total. The predicted molar refractivity (Wildman–Crippen MR) is 77.9 cm³/mol. The van der Waals surface area contributed by atoms with E-state index in [2.05, 4.69) is 10.6 Å². The van der Waals surface area contributed by atoms with Crippen LogP contribution in [0, 0.1) is 5.41 Å². The van der Waals surface area contributed by atoms with Gasteiger partial charge in [0.1, 0.15) is 0 Å². The number of likely N-dealkylation sites (tertiary alicyclic amines) is 1. The van der Waals surface area contributed by atoms with Crippen LogP contribution >= 0.6 is 0 Å². The number of urea groups is 1. The van der Waals surface area contributed by atoms with E-state index >= 15 is 0 Å². The van der Waals surface area contributed by atoms with E-state index in [1.54, 1.807) is 11.8 Å². The predicted octanol–water partition coefficient (Wildman–Crippen LogP) is 0.799. The molecule has 1 aliphatic heterocycles. The Bertz CT molecular complexity index is 400. The van der Waals surface area contributed by atoms with Crippen molar-refractivity contribution in [3.8, 4) is 0 Å². The monoisotopic (exact) mass is 299 g/mol. The number of piperidine rings is 1. The van der Waals surface area contributed by atoms with Gasteiger partial charge in [-0.25, -0.2) is 4.79 Å². The molecule has 0 aromatic carbocycles. The normalized spacial score (nSPS) is 22.6. The van der Waals surface area contributed by atoms with E-state index in [1.165, 1.54) is 0 Å². The Morgan fingerprint density at radius 3 is 2.67 bits per heavy atom. The second kappa shape index (κ2) is 7.97. The van der Waals surface area contributed by atoms with Gasteiger partial charge in [-0.3, -0.25) is 19.8 Å². The number of hydrogen-bond donors (Lipinski definition) is 3. The van der Waals surface area contributed by atoms with E-state index in [4.69, 9.17) is 0 Å². The Morgan fingerprint density at radius 1 is 1.33 bits per heavy atom. The largest absolute Gasteiger partial charge is 0.481 e. The van der Waals surface area contributed by atoms with Crippen LogP contribution in [0.3, 0.4) is 0 Å². The van der Waals surface area contributed by atoms with E-state index in [0.29, 0.717) is 26.1 Å². The molecule has 1 fully saturated rings. The van der Waals surface area contributed by atoms with Gasteiger partial charge in [-0.2, -0.15) is 0 Å². The highest BCUT2D eigenvalue weighted by Gasteiger charge is 2.38. The zero-order valence-corrected chi connectivity index (χ0v) is 12.8. The molecule has 0 aliphatic carbocycles. The zero-order valence-electron chi connectivity index (χ0n) is 12.8. The fourth-order valence-electron chi connectivity index (χ4n) is 2.45. The second-order valence-corrected chi connectivity index (χ2v) is 5.84. The van der Waals surface area contributed by atoms with Gasteiger partial charge in [0.2, 0.25) is 5.91 Å². The molecule has 7 heteroatoms. The molecular weight excluding hydrogens is 274 g/mol. The summed E-state index contributed by atoms with van der Waals surface area (Å²) >= 11 is 0. The fourth-order valence-corrected chi connectivity index (χ4v) is 2.45. The Morgan fingerprint density at radius 2 is 2.05 bits per heavy atom. The lowest BCUT2D eigenvalue weighted by atomic mass is 9.82. The van der Waals surface area contributed by atoms with Crippen molar-refractivity contribution >= 4 is 17.9 Å². The summed E-state index contributed by atoms with van der Waals surface area (Å²) in [7, 11) is 0. The number of nitrogens with zero attached hydrogens (tertiary/aromatic N) is 1. The molecule has 3 N–H and O–H groups in total. The molecule has 3 amide bonds. The third-order valence-corrected chi connectivity index (χ3v) is 3.73. The summed E-state index contributed by atoms with van der Waals surface area (Å²) in [6, 6.07) is -0.494. The number of carboxylic acid groups (broad SMARTS) is 1. The number of carbonyl (C=O) groups excluding carboxylic acids is 2. The number of imide groups is 1. The summed E-state index contributed by atoms with van der Waals surface area (Å²) in [5.74, 6) is -1.25. The van der Waals surface area contributed by atoms with Crippen molar-refractivity contribution in [2.24, 2.45) is 5.41 Å². The summed E-state index contributed by atoms with van der Waals surface area (Å²) in [6.45, 7) is 5.29. The van der Waals surface area contributed by atoms with Crippen molar-refractivity contribution in [3.63, 3.8) is 0 Å². The molecule has 0 spiro atoms. The first-order valence-corrected chi connectivity index (χ1v) is 7.41. The number of hydrogen-bond acceptors (Lipinski definition) is 4. The van der Waals surface area contributed by atoms with Gasteiger partial charge in [0.15, 0.2) is 0 Å². The Kier molecular flexibility index (Phi) is 6.61. The van der Waals surface area contributed by atoms with Crippen LogP contribution in [0.5, 0.6) is 0 Å². The first kappa shape index (κ1) is 17.4. The summed E-state index contributed by atoms with van der Waals surface area (Å²) in [6.07, 6.45) is 3.18. The van der Waals surface area contributed by atoms with Gasteiger partial charge in [0.05, 0.1) is 12.0 Å². The molecule has 0 saturated carbocycles. The molecule has 1 heterocycles. The van der Waals surface area contributed by atoms with E-state index in [0.717, 1.165) is 19.3 Å². The minimum atomic E-state index is -0.843. The van der Waals surface area contributed by atoms with E-state index in [-0.39, 0.29) is 6.54 Å². The molecule has 1 aliphatic rings. The van der Waals surface area contributed by atoms with Crippen molar-refractivity contribution < 1.29 is 19.5 Å². The summed E-state index contributed by atoms with van der Waals surface area (Å²) < 4.78 is 0. The lowest BCUT2D eigenvalue weighted by Crippen LogP contribution is -2.50. The molecule has 1 rings (SSSR count). The Hall–Kier alpha value is -1.63. The average molecular weight is 299 g/mol. The molecule has 1 unspecified atom stereocenters. The van der Waals surface area contributed by atoms with Crippen LogP contribution in [-0.4, -0.2) is 54.1 Å². The molecule has 0 radical (unpaired) electrons. The first-order valence-electron chi connectivity index (χ1n) is 7.41. The quantitative estimate of drug-likeness (QED) is 0.630. The summed E-state index contributed by atoms with van der Waals surface area (Å²) in [5.41, 5.74) is -0.818. The van der Waals surface area contributed by atoms with Gasteiger partial charge < -0.3 is 10.4 Å². The maximum atomic E-state index is 11.8. The molecule has 21 heavy (non-hydrogen) atoms. The highest BCUT2D eigenvalue weighted by molar-refractivity contribution is 5.95. The van der Waals surface area contributed by atoms with Crippen LogP contribution in [0.4, 0.5) is 4.79 Å². The van der Waals surface area contributed by atoms with Crippen molar-refractivity contribution in [3.05, 3.63) is 0 Å². The molecule has 120 valence electrons. The minimum absolute atomic E-state index is 0.0457. The van der Waals surface area contributed by atoms with E-state index in [9.17, 15) is 19.5 Å². The van der Waals surface area contributed by atoms with Crippen LogP contribution in [0.15, 0.2) is 0 Å². The standard InChI is InChI=1S/C14H25N3O4/c1-3-4-7-15-13(21)16-11(18)9-17-8-5-6-14(2,10-17)12(19)20/h3-10H2,1-2H3,(H,19,20)(H2,15,16,18,21). The summed E-state index contributed by atoms with van der Waals surface area (Å²) in [4.78, 5) is 36.2. The van der Waals surface area contributed by atoms with E-state index < -0.39 is 23.3 Å². The second-order valence-electron chi connectivity index (χ2n) is 5.84. The first-order chi connectivity index (χ1) is 9.87.